The van der Waals surface area contributed by atoms with Gasteiger partial charge in [-0.15, -0.1) is 0 Å². The minimum atomic E-state index is -3.60. The van der Waals surface area contributed by atoms with E-state index in [1.165, 1.54) is 28.4 Å². The SMILES string of the molecule is CN(Cc1cc(N)ccc1Cl)S(=O)(=O)c1cnn(C)c1. The highest BCUT2D eigenvalue weighted by Gasteiger charge is 2.23. The van der Waals surface area contributed by atoms with Crippen molar-refractivity contribution in [2.24, 2.45) is 7.05 Å². The zero-order chi connectivity index (χ0) is 14.9. The molecule has 20 heavy (non-hydrogen) atoms. The van der Waals surface area contributed by atoms with Crippen molar-refractivity contribution >= 4 is 27.3 Å². The van der Waals surface area contributed by atoms with Gasteiger partial charge in [-0.05, 0) is 23.8 Å². The maximum absolute atomic E-state index is 12.3. The summed E-state index contributed by atoms with van der Waals surface area (Å²) in [5, 5.41) is 4.35. The van der Waals surface area contributed by atoms with Crippen LogP contribution in [0, 0.1) is 0 Å². The van der Waals surface area contributed by atoms with Crippen LogP contribution in [0.5, 0.6) is 0 Å². The Labute approximate surface area is 122 Å². The summed E-state index contributed by atoms with van der Waals surface area (Å²) in [6.45, 7) is 0.140. The highest BCUT2D eigenvalue weighted by atomic mass is 35.5. The molecule has 0 saturated heterocycles. The molecule has 8 heteroatoms. The Morgan fingerprint density at radius 1 is 1.45 bits per heavy atom. The summed E-state index contributed by atoms with van der Waals surface area (Å²) in [5.74, 6) is 0. The molecule has 0 amide bonds. The normalized spacial score (nSPS) is 12.0. The molecule has 0 saturated carbocycles. The summed E-state index contributed by atoms with van der Waals surface area (Å²) in [6, 6.07) is 4.98. The van der Waals surface area contributed by atoms with E-state index in [0.717, 1.165) is 0 Å². The van der Waals surface area contributed by atoms with Crippen LogP contribution in [0.2, 0.25) is 5.02 Å². The Balaban J connectivity index is 2.27. The van der Waals surface area contributed by atoms with Gasteiger partial charge in [-0.3, -0.25) is 4.68 Å². The van der Waals surface area contributed by atoms with Gasteiger partial charge < -0.3 is 5.73 Å². The molecule has 0 aliphatic carbocycles. The van der Waals surface area contributed by atoms with E-state index in [9.17, 15) is 8.42 Å². The summed E-state index contributed by atoms with van der Waals surface area (Å²) in [4.78, 5) is 0.141. The van der Waals surface area contributed by atoms with E-state index in [-0.39, 0.29) is 11.4 Å². The molecule has 1 heterocycles. The van der Waals surface area contributed by atoms with Crippen molar-refractivity contribution in [3.63, 3.8) is 0 Å². The smallest absolute Gasteiger partial charge is 0.246 e. The fourth-order valence-corrected chi connectivity index (χ4v) is 3.06. The minimum absolute atomic E-state index is 0.140. The number of sulfonamides is 1. The number of nitrogen functional groups attached to an aromatic ring is 1. The van der Waals surface area contributed by atoms with Gasteiger partial charge in [-0.2, -0.15) is 9.40 Å². The molecule has 0 bridgehead atoms. The number of nitrogens with two attached hydrogens (primary N) is 1. The number of anilines is 1. The second-order valence-corrected chi connectivity index (χ2v) is 6.91. The van der Waals surface area contributed by atoms with Crippen LogP contribution >= 0.6 is 11.6 Å². The molecule has 6 nitrogen and oxygen atoms in total. The van der Waals surface area contributed by atoms with Crippen LogP contribution in [0.3, 0.4) is 0 Å². The van der Waals surface area contributed by atoms with Gasteiger partial charge in [0.1, 0.15) is 4.90 Å². The summed E-state index contributed by atoms with van der Waals surface area (Å²) in [6.07, 6.45) is 2.76. The summed E-state index contributed by atoms with van der Waals surface area (Å²) < 4.78 is 27.3. The van der Waals surface area contributed by atoms with E-state index in [2.05, 4.69) is 5.10 Å². The fourth-order valence-electron chi connectivity index (χ4n) is 1.75. The minimum Gasteiger partial charge on any atom is -0.399 e. The number of benzene rings is 1. The number of rotatable bonds is 4. The standard InChI is InChI=1S/C12H15ClN4O2S/c1-16-8-11(6-15-16)20(18,19)17(2)7-9-5-10(14)3-4-12(9)13/h3-6,8H,7,14H2,1-2H3. The first-order valence-electron chi connectivity index (χ1n) is 5.79. The Morgan fingerprint density at radius 3 is 2.75 bits per heavy atom. The number of aryl methyl sites for hydroxylation is 1. The first-order chi connectivity index (χ1) is 9.30. The molecular formula is C12H15ClN4O2S. The lowest BCUT2D eigenvalue weighted by Gasteiger charge is -2.17. The van der Waals surface area contributed by atoms with Gasteiger partial charge in [0.2, 0.25) is 10.0 Å². The number of hydrogen-bond acceptors (Lipinski definition) is 4. The molecular weight excluding hydrogens is 300 g/mol. The molecule has 2 N–H and O–H groups in total. The van der Waals surface area contributed by atoms with Crippen LogP contribution in [-0.4, -0.2) is 29.6 Å². The number of nitrogens with zero attached hydrogens (tertiary/aromatic N) is 3. The van der Waals surface area contributed by atoms with Crippen LogP contribution in [0.1, 0.15) is 5.56 Å². The van der Waals surface area contributed by atoms with Gasteiger partial charge in [0.15, 0.2) is 0 Å². The van der Waals surface area contributed by atoms with Crippen LogP contribution in [0.4, 0.5) is 5.69 Å². The van der Waals surface area contributed by atoms with Gasteiger partial charge in [-0.1, -0.05) is 11.6 Å². The average molecular weight is 315 g/mol. The molecule has 0 fully saturated rings. The topological polar surface area (TPSA) is 81.2 Å². The third-order valence-electron chi connectivity index (χ3n) is 2.85. The number of halogens is 1. The summed E-state index contributed by atoms with van der Waals surface area (Å²) in [5.41, 5.74) is 6.88. The zero-order valence-corrected chi connectivity index (χ0v) is 12.7. The molecule has 0 aliphatic heterocycles. The van der Waals surface area contributed by atoms with Crippen molar-refractivity contribution in [1.29, 1.82) is 0 Å². The van der Waals surface area contributed by atoms with Crippen LogP contribution < -0.4 is 5.73 Å². The van der Waals surface area contributed by atoms with E-state index < -0.39 is 10.0 Å². The predicted molar refractivity (Wildman–Crippen MR) is 77.7 cm³/mol. The second-order valence-electron chi connectivity index (χ2n) is 4.46. The van der Waals surface area contributed by atoms with Gasteiger partial charge in [0.05, 0.1) is 6.20 Å². The Hall–Kier alpha value is -1.57. The maximum atomic E-state index is 12.3. The van der Waals surface area contributed by atoms with E-state index in [1.54, 1.807) is 25.2 Å². The Kier molecular flexibility index (Phi) is 4.03. The summed E-state index contributed by atoms with van der Waals surface area (Å²) in [7, 11) is -0.447. The van der Waals surface area contributed by atoms with Crippen LogP contribution in [0.25, 0.3) is 0 Å². The van der Waals surface area contributed by atoms with Crippen molar-refractivity contribution in [2.45, 2.75) is 11.4 Å². The monoisotopic (exact) mass is 314 g/mol. The Morgan fingerprint density at radius 2 is 2.15 bits per heavy atom. The lowest BCUT2D eigenvalue weighted by atomic mass is 10.2. The van der Waals surface area contributed by atoms with Crippen molar-refractivity contribution in [1.82, 2.24) is 14.1 Å². The lowest BCUT2D eigenvalue weighted by molar-refractivity contribution is 0.467. The molecule has 2 aromatic rings. The molecule has 1 aromatic heterocycles. The average Bonchev–Trinajstić information content (AvgIpc) is 2.81. The van der Waals surface area contributed by atoms with Crippen molar-refractivity contribution in [2.75, 3.05) is 12.8 Å². The van der Waals surface area contributed by atoms with Gasteiger partial charge in [-0.25, -0.2) is 8.42 Å². The third-order valence-corrected chi connectivity index (χ3v) is 4.98. The van der Waals surface area contributed by atoms with E-state index in [4.69, 9.17) is 17.3 Å². The third kappa shape index (κ3) is 2.95. The maximum Gasteiger partial charge on any atom is 0.246 e. The molecule has 0 aliphatic rings. The molecule has 108 valence electrons. The molecule has 0 atom stereocenters. The molecule has 0 radical (unpaired) electrons. The van der Waals surface area contributed by atoms with Crippen LogP contribution in [-0.2, 0) is 23.6 Å². The highest BCUT2D eigenvalue weighted by Crippen LogP contribution is 2.23. The molecule has 0 spiro atoms. The van der Waals surface area contributed by atoms with Crippen LogP contribution in [0.15, 0.2) is 35.5 Å². The zero-order valence-electron chi connectivity index (χ0n) is 11.1. The largest absolute Gasteiger partial charge is 0.399 e. The fraction of sp³-hybridized carbons (Fsp3) is 0.250. The predicted octanol–water partition coefficient (Wildman–Crippen LogP) is 1.48. The summed E-state index contributed by atoms with van der Waals surface area (Å²) >= 11 is 6.05. The highest BCUT2D eigenvalue weighted by molar-refractivity contribution is 7.89. The van der Waals surface area contributed by atoms with E-state index in [0.29, 0.717) is 16.3 Å². The quantitative estimate of drug-likeness (QED) is 0.867. The van der Waals surface area contributed by atoms with Crippen molar-refractivity contribution in [3.8, 4) is 0 Å². The van der Waals surface area contributed by atoms with E-state index in [1.807, 2.05) is 0 Å². The molecule has 2 rings (SSSR count). The van der Waals surface area contributed by atoms with Gasteiger partial charge in [0.25, 0.3) is 0 Å². The van der Waals surface area contributed by atoms with Crippen molar-refractivity contribution < 1.29 is 8.42 Å². The second kappa shape index (κ2) is 5.43. The van der Waals surface area contributed by atoms with Gasteiger partial charge >= 0.3 is 0 Å². The molecule has 0 unspecified atom stereocenters. The molecule has 1 aromatic carbocycles. The van der Waals surface area contributed by atoms with Crippen molar-refractivity contribution in [3.05, 3.63) is 41.2 Å². The first kappa shape index (κ1) is 14.8. The number of hydrogen-bond donors (Lipinski definition) is 1. The van der Waals surface area contributed by atoms with E-state index >= 15 is 0 Å². The first-order valence-corrected chi connectivity index (χ1v) is 7.61. The van der Waals surface area contributed by atoms with Gasteiger partial charge in [0, 0.05) is 37.5 Å². The lowest BCUT2D eigenvalue weighted by Crippen LogP contribution is -2.26. The Bertz CT molecular complexity index is 727. The number of aromatic nitrogens is 2.